The summed E-state index contributed by atoms with van der Waals surface area (Å²) < 4.78 is 4.42. The summed E-state index contributed by atoms with van der Waals surface area (Å²) >= 11 is 1.62. The van der Waals surface area contributed by atoms with Crippen LogP contribution in [0.3, 0.4) is 0 Å². The van der Waals surface area contributed by atoms with Gasteiger partial charge in [-0.25, -0.2) is 0 Å². The van der Waals surface area contributed by atoms with Gasteiger partial charge in [0.05, 0.1) is 0 Å². The van der Waals surface area contributed by atoms with Crippen LogP contribution in [-0.2, 0) is 0 Å². The largest absolute Gasteiger partial charge is 0.383 e. The molecule has 0 saturated heterocycles. The smallest absolute Gasteiger partial charge is 0.142 e. The molecule has 1 aromatic rings. The van der Waals surface area contributed by atoms with E-state index in [1.54, 1.807) is 11.5 Å². The molecule has 0 spiro atoms. The third-order valence-electron chi connectivity index (χ3n) is 4.34. The lowest BCUT2D eigenvalue weighted by Gasteiger charge is -2.34. The van der Waals surface area contributed by atoms with Crippen LogP contribution in [0.5, 0.6) is 0 Å². The highest BCUT2D eigenvalue weighted by Gasteiger charge is 2.33. The van der Waals surface area contributed by atoms with Crippen molar-refractivity contribution in [3.63, 3.8) is 0 Å². The molecular weight excluding hydrogens is 242 g/mol. The van der Waals surface area contributed by atoms with Crippen molar-refractivity contribution in [1.29, 1.82) is 0 Å². The lowest BCUT2D eigenvalue weighted by molar-refractivity contribution is 0.419. The molecule has 100 valence electrons. The van der Waals surface area contributed by atoms with Gasteiger partial charge >= 0.3 is 0 Å². The fourth-order valence-electron chi connectivity index (χ4n) is 3.22. The van der Waals surface area contributed by atoms with Crippen LogP contribution in [-0.4, -0.2) is 17.0 Å². The first kappa shape index (κ1) is 12.3. The van der Waals surface area contributed by atoms with E-state index in [1.165, 1.54) is 55.5 Å². The Kier molecular flexibility index (Phi) is 3.46. The second-order valence-corrected chi connectivity index (χ2v) is 6.39. The fraction of sp³-hybridized carbons (Fsp3) is 0.786. The maximum absolute atomic E-state index is 6.08. The summed E-state index contributed by atoms with van der Waals surface area (Å²) in [5, 5.41) is 1.38. The quantitative estimate of drug-likeness (QED) is 0.901. The molecule has 0 aromatic carbocycles. The monoisotopic (exact) mass is 265 g/mol. The molecule has 2 fully saturated rings. The van der Waals surface area contributed by atoms with E-state index in [9.17, 15) is 0 Å². The number of aromatic nitrogens is 1. The van der Waals surface area contributed by atoms with Gasteiger partial charge in [0.1, 0.15) is 10.8 Å². The van der Waals surface area contributed by atoms with Crippen molar-refractivity contribution in [3.05, 3.63) is 5.56 Å². The van der Waals surface area contributed by atoms with Crippen molar-refractivity contribution in [2.24, 2.45) is 0 Å². The summed E-state index contributed by atoms with van der Waals surface area (Å²) in [5.74, 6) is 1.50. The molecule has 2 N–H and O–H groups in total. The second kappa shape index (κ2) is 5.08. The first-order chi connectivity index (χ1) is 8.81. The Morgan fingerprint density at radius 3 is 2.56 bits per heavy atom. The van der Waals surface area contributed by atoms with Gasteiger partial charge in [-0.1, -0.05) is 19.3 Å². The first-order valence-electron chi connectivity index (χ1n) is 7.33. The SMILES string of the molecule is CCN(c1snc(N)c1C1CC1)C1CCCCC1. The molecular formula is C14H23N3S. The highest BCUT2D eigenvalue weighted by molar-refractivity contribution is 7.10. The molecule has 0 atom stereocenters. The van der Waals surface area contributed by atoms with Gasteiger partial charge in [0.25, 0.3) is 0 Å². The lowest BCUT2D eigenvalue weighted by atomic mass is 9.94. The van der Waals surface area contributed by atoms with Crippen LogP contribution in [0.15, 0.2) is 0 Å². The minimum Gasteiger partial charge on any atom is -0.383 e. The maximum atomic E-state index is 6.08. The van der Waals surface area contributed by atoms with E-state index in [-0.39, 0.29) is 0 Å². The minimum absolute atomic E-state index is 0.705. The van der Waals surface area contributed by atoms with E-state index >= 15 is 0 Å². The summed E-state index contributed by atoms with van der Waals surface area (Å²) in [6.45, 7) is 3.35. The number of anilines is 2. The second-order valence-electron chi connectivity index (χ2n) is 5.64. The third-order valence-corrected chi connectivity index (χ3v) is 5.25. The van der Waals surface area contributed by atoms with Crippen molar-refractivity contribution in [2.45, 2.75) is 63.8 Å². The van der Waals surface area contributed by atoms with Crippen LogP contribution in [0.2, 0.25) is 0 Å². The van der Waals surface area contributed by atoms with Gasteiger partial charge in [0.2, 0.25) is 0 Å². The standard InChI is InChI=1S/C14H23N3S/c1-2-17(11-6-4-3-5-7-11)14-12(10-8-9-10)13(15)16-18-14/h10-11H,2-9H2,1H3,(H2,15,16). The predicted octanol–water partition coefficient (Wildman–Crippen LogP) is 3.76. The number of hydrogen-bond donors (Lipinski definition) is 1. The van der Waals surface area contributed by atoms with E-state index in [1.807, 2.05) is 0 Å². The van der Waals surface area contributed by atoms with Crippen LogP contribution in [0, 0.1) is 0 Å². The molecule has 0 aliphatic heterocycles. The van der Waals surface area contributed by atoms with Gasteiger partial charge in [0, 0.05) is 18.2 Å². The summed E-state index contributed by atoms with van der Waals surface area (Å²) in [5.41, 5.74) is 7.44. The zero-order chi connectivity index (χ0) is 12.5. The molecule has 2 aliphatic rings. The molecule has 4 heteroatoms. The Balaban J connectivity index is 1.86. The Bertz CT molecular complexity index is 405. The average Bonchev–Trinajstić information content (AvgIpc) is 3.17. The van der Waals surface area contributed by atoms with Gasteiger partial charge in [-0.05, 0) is 50.1 Å². The highest BCUT2D eigenvalue weighted by Crippen LogP contribution is 2.49. The molecule has 3 rings (SSSR count). The molecule has 2 saturated carbocycles. The molecule has 0 bridgehead atoms. The lowest BCUT2D eigenvalue weighted by Crippen LogP contribution is -2.36. The number of nitrogen functional groups attached to an aromatic ring is 1. The van der Waals surface area contributed by atoms with Crippen molar-refractivity contribution in [1.82, 2.24) is 4.37 Å². The minimum atomic E-state index is 0.705. The Hall–Kier alpha value is -0.770. The van der Waals surface area contributed by atoms with Crippen LogP contribution in [0.25, 0.3) is 0 Å². The van der Waals surface area contributed by atoms with Crippen molar-refractivity contribution < 1.29 is 0 Å². The molecule has 1 heterocycles. The molecule has 0 radical (unpaired) electrons. The Labute approximate surface area is 114 Å². The normalized spacial score (nSPS) is 21.2. The average molecular weight is 265 g/mol. The maximum Gasteiger partial charge on any atom is 0.142 e. The van der Waals surface area contributed by atoms with Gasteiger partial charge < -0.3 is 10.6 Å². The Morgan fingerprint density at radius 2 is 1.94 bits per heavy atom. The Morgan fingerprint density at radius 1 is 1.22 bits per heavy atom. The van der Waals surface area contributed by atoms with Crippen LogP contribution >= 0.6 is 11.5 Å². The van der Waals surface area contributed by atoms with Crippen LogP contribution in [0.4, 0.5) is 10.8 Å². The third kappa shape index (κ3) is 2.22. The molecule has 3 nitrogen and oxygen atoms in total. The van der Waals surface area contributed by atoms with Crippen molar-refractivity contribution in [2.75, 3.05) is 17.2 Å². The highest BCUT2D eigenvalue weighted by atomic mass is 32.1. The molecule has 2 aliphatic carbocycles. The zero-order valence-electron chi connectivity index (χ0n) is 11.2. The molecule has 0 unspecified atom stereocenters. The summed E-state index contributed by atoms with van der Waals surface area (Å²) in [6.07, 6.45) is 9.47. The molecule has 0 amide bonds. The molecule has 1 aromatic heterocycles. The summed E-state index contributed by atoms with van der Waals surface area (Å²) in [4.78, 5) is 2.58. The van der Waals surface area contributed by atoms with Gasteiger partial charge in [-0.2, -0.15) is 4.37 Å². The summed E-state index contributed by atoms with van der Waals surface area (Å²) in [6, 6.07) is 0.723. The van der Waals surface area contributed by atoms with E-state index in [0.717, 1.165) is 18.4 Å². The number of nitrogens with zero attached hydrogens (tertiary/aromatic N) is 2. The molecule has 18 heavy (non-hydrogen) atoms. The van der Waals surface area contributed by atoms with E-state index in [0.29, 0.717) is 5.92 Å². The zero-order valence-corrected chi connectivity index (χ0v) is 12.0. The van der Waals surface area contributed by atoms with Gasteiger partial charge in [-0.15, -0.1) is 0 Å². The first-order valence-corrected chi connectivity index (χ1v) is 8.10. The van der Waals surface area contributed by atoms with E-state index in [2.05, 4.69) is 16.2 Å². The van der Waals surface area contributed by atoms with Gasteiger partial charge in [0.15, 0.2) is 0 Å². The number of hydrogen-bond acceptors (Lipinski definition) is 4. The fourth-order valence-corrected chi connectivity index (χ4v) is 4.26. The van der Waals surface area contributed by atoms with Crippen LogP contribution in [0.1, 0.15) is 63.4 Å². The van der Waals surface area contributed by atoms with Crippen molar-refractivity contribution >= 4 is 22.4 Å². The van der Waals surface area contributed by atoms with Crippen LogP contribution < -0.4 is 10.6 Å². The number of rotatable bonds is 4. The predicted molar refractivity (Wildman–Crippen MR) is 78.4 cm³/mol. The summed E-state index contributed by atoms with van der Waals surface area (Å²) in [7, 11) is 0. The number of nitrogens with two attached hydrogens (primary N) is 1. The van der Waals surface area contributed by atoms with Crippen molar-refractivity contribution in [3.8, 4) is 0 Å². The van der Waals surface area contributed by atoms with E-state index in [4.69, 9.17) is 5.73 Å². The van der Waals surface area contributed by atoms with Gasteiger partial charge in [-0.3, -0.25) is 0 Å². The van der Waals surface area contributed by atoms with E-state index < -0.39 is 0 Å². The topological polar surface area (TPSA) is 42.2 Å².